The molecule has 0 aliphatic carbocycles. The molecule has 0 saturated heterocycles. The number of sulfone groups is 1. The highest BCUT2D eigenvalue weighted by Crippen LogP contribution is 2.28. The molecule has 0 aliphatic heterocycles. The van der Waals surface area contributed by atoms with Crippen LogP contribution >= 0.6 is 0 Å². The number of nitrogens with one attached hydrogen (secondary N) is 1. The lowest BCUT2D eigenvalue weighted by Gasteiger charge is -2.12. The van der Waals surface area contributed by atoms with E-state index in [0.717, 1.165) is 6.26 Å². The molecule has 1 aromatic carbocycles. The van der Waals surface area contributed by atoms with Crippen molar-refractivity contribution in [3.05, 3.63) is 23.8 Å². The summed E-state index contributed by atoms with van der Waals surface area (Å²) in [7, 11) is -3.06. The molecule has 0 bridgehead atoms. The molecule has 6 nitrogen and oxygen atoms in total. The first kappa shape index (κ1) is 15.3. The average molecular weight is 286 g/mol. The van der Waals surface area contributed by atoms with Gasteiger partial charge in [-0.15, -0.1) is 0 Å². The van der Waals surface area contributed by atoms with Crippen molar-refractivity contribution in [1.82, 2.24) is 0 Å². The molecule has 3 N–H and O–H groups in total. The molecular weight excluding hydrogens is 268 g/mol. The molecule has 7 heteroatoms. The minimum atomic E-state index is -3.06. The van der Waals surface area contributed by atoms with E-state index in [1.807, 2.05) is 6.92 Å². The van der Waals surface area contributed by atoms with Gasteiger partial charge in [0.05, 0.1) is 12.4 Å². The summed E-state index contributed by atoms with van der Waals surface area (Å²) in [5, 5.41) is 7.36. The number of benzene rings is 1. The fourth-order valence-corrected chi connectivity index (χ4v) is 1.75. The van der Waals surface area contributed by atoms with E-state index in [2.05, 4.69) is 0 Å². The second kappa shape index (κ2) is 6.42. The van der Waals surface area contributed by atoms with E-state index in [1.54, 1.807) is 18.2 Å². The van der Waals surface area contributed by atoms with Gasteiger partial charge in [0.1, 0.15) is 12.4 Å². The Labute approximate surface area is 112 Å². The summed E-state index contributed by atoms with van der Waals surface area (Å²) in [5.41, 5.74) is 5.92. The number of hydrogen-bond acceptors (Lipinski definition) is 5. The summed E-state index contributed by atoms with van der Waals surface area (Å²) in [5.74, 6) is 0.760. The fourth-order valence-electron chi connectivity index (χ4n) is 1.37. The van der Waals surface area contributed by atoms with Crippen molar-refractivity contribution in [3.8, 4) is 11.5 Å². The van der Waals surface area contributed by atoms with Crippen molar-refractivity contribution in [2.75, 3.05) is 25.2 Å². The molecule has 0 amide bonds. The second-order valence-electron chi connectivity index (χ2n) is 3.99. The molecule has 0 radical (unpaired) electrons. The maximum Gasteiger partial charge on any atom is 0.161 e. The predicted molar refractivity (Wildman–Crippen MR) is 73.8 cm³/mol. The van der Waals surface area contributed by atoms with Crippen LogP contribution in [0.5, 0.6) is 11.5 Å². The third kappa shape index (κ3) is 5.17. The van der Waals surface area contributed by atoms with E-state index in [4.69, 9.17) is 20.6 Å². The Kier molecular flexibility index (Phi) is 5.17. The third-order valence-electron chi connectivity index (χ3n) is 2.27. The first-order valence-electron chi connectivity index (χ1n) is 5.75. The van der Waals surface area contributed by atoms with Crippen molar-refractivity contribution in [3.63, 3.8) is 0 Å². The zero-order valence-corrected chi connectivity index (χ0v) is 11.8. The summed E-state index contributed by atoms with van der Waals surface area (Å²) in [6, 6.07) is 4.84. The summed E-state index contributed by atoms with van der Waals surface area (Å²) >= 11 is 0. The Bertz CT molecular complexity index is 555. The Morgan fingerprint density at radius 1 is 1.32 bits per heavy atom. The van der Waals surface area contributed by atoms with Gasteiger partial charge in [0.15, 0.2) is 21.3 Å². The van der Waals surface area contributed by atoms with Gasteiger partial charge >= 0.3 is 0 Å². The molecule has 0 aromatic heterocycles. The standard InChI is InChI=1S/C12H18N2O4S/c1-3-17-11-8-9(12(13)14)4-5-10(11)18-6-7-19(2,15)16/h4-5,8H,3,6-7H2,1-2H3,(H3,13,14). The zero-order valence-electron chi connectivity index (χ0n) is 11.0. The largest absolute Gasteiger partial charge is 0.490 e. The zero-order chi connectivity index (χ0) is 14.5. The number of ether oxygens (including phenoxy) is 2. The molecule has 1 rings (SSSR count). The van der Waals surface area contributed by atoms with E-state index in [0.29, 0.717) is 23.7 Å². The Morgan fingerprint density at radius 3 is 2.53 bits per heavy atom. The predicted octanol–water partition coefficient (Wildman–Crippen LogP) is 0.793. The number of nitrogen functional groups attached to an aromatic ring is 1. The summed E-state index contributed by atoms with van der Waals surface area (Å²) in [6.07, 6.45) is 1.15. The smallest absolute Gasteiger partial charge is 0.161 e. The van der Waals surface area contributed by atoms with Crippen LogP contribution in [0.2, 0.25) is 0 Å². The van der Waals surface area contributed by atoms with Crippen molar-refractivity contribution < 1.29 is 17.9 Å². The molecule has 19 heavy (non-hydrogen) atoms. The SMILES string of the molecule is CCOc1cc(C(=N)N)ccc1OCCS(C)(=O)=O. The molecule has 0 unspecified atom stereocenters. The van der Waals surface area contributed by atoms with Crippen molar-refractivity contribution in [1.29, 1.82) is 5.41 Å². The van der Waals surface area contributed by atoms with E-state index in [-0.39, 0.29) is 18.2 Å². The lowest BCUT2D eigenvalue weighted by Crippen LogP contribution is -2.14. The minimum Gasteiger partial charge on any atom is -0.490 e. The van der Waals surface area contributed by atoms with E-state index < -0.39 is 9.84 Å². The van der Waals surface area contributed by atoms with E-state index in [9.17, 15) is 8.42 Å². The first-order chi connectivity index (χ1) is 8.83. The van der Waals surface area contributed by atoms with Gasteiger partial charge in [-0.2, -0.15) is 0 Å². The molecule has 1 aromatic rings. The minimum absolute atomic E-state index is 0.0539. The van der Waals surface area contributed by atoms with Crippen LogP contribution in [0.4, 0.5) is 0 Å². The summed E-state index contributed by atoms with van der Waals surface area (Å²) in [4.78, 5) is 0. The maximum absolute atomic E-state index is 11.0. The lowest BCUT2D eigenvalue weighted by molar-refractivity contribution is 0.288. The van der Waals surface area contributed by atoms with Crippen LogP contribution in [0.3, 0.4) is 0 Å². The molecule has 0 fully saturated rings. The highest BCUT2D eigenvalue weighted by atomic mass is 32.2. The van der Waals surface area contributed by atoms with E-state index >= 15 is 0 Å². The molecule has 106 valence electrons. The van der Waals surface area contributed by atoms with Gasteiger partial charge in [0.2, 0.25) is 0 Å². The van der Waals surface area contributed by atoms with Gasteiger partial charge in [-0.25, -0.2) is 8.42 Å². The Hall–Kier alpha value is -1.76. The van der Waals surface area contributed by atoms with E-state index in [1.165, 1.54) is 0 Å². The fraction of sp³-hybridized carbons (Fsp3) is 0.417. The van der Waals surface area contributed by atoms with Crippen LogP contribution in [-0.4, -0.2) is 39.5 Å². The lowest BCUT2D eigenvalue weighted by atomic mass is 10.2. The molecule has 0 saturated carbocycles. The number of rotatable bonds is 7. The second-order valence-corrected chi connectivity index (χ2v) is 6.25. The summed E-state index contributed by atoms with van der Waals surface area (Å²) < 4.78 is 32.8. The van der Waals surface area contributed by atoms with Crippen molar-refractivity contribution in [2.24, 2.45) is 5.73 Å². The van der Waals surface area contributed by atoms with Gasteiger partial charge in [-0.3, -0.25) is 5.41 Å². The molecule has 0 aliphatic rings. The van der Waals surface area contributed by atoms with Crippen LogP contribution in [0, 0.1) is 5.41 Å². The van der Waals surface area contributed by atoms with Gasteiger partial charge in [0.25, 0.3) is 0 Å². The third-order valence-corrected chi connectivity index (χ3v) is 3.17. The summed E-state index contributed by atoms with van der Waals surface area (Å²) in [6.45, 7) is 2.31. The van der Waals surface area contributed by atoms with Crippen LogP contribution in [0.1, 0.15) is 12.5 Å². The van der Waals surface area contributed by atoms with Gasteiger partial charge in [-0.05, 0) is 25.1 Å². The molecule has 0 spiro atoms. The van der Waals surface area contributed by atoms with Crippen LogP contribution in [0.15, 0.2) is 18.2 Å². The highest BCUT2D eigenvalue weighted by molar-refractivity contribution is 7.90. The van der Waals surface area contributed by atoms with Crippen LogP contribution in [-0.2, 0) is 9.84 Å². The van der Waals surface area contributed by atoms with Gasteiger partial charge < -0.3 is 15.2 Å². The normalized spacial score (nSPS) is 11.1. The quantitative estimate of drug-likeness (QED) is 0.570. The monoisotopic (exact) mass is 286 g/mol. The number of nitrogens with two attached hydrogens (primary N) is 1. The first-order valence-corrected chi connectivity index (χ1v) is 7.81. The molecule has 0 heterocycles. The molecular formula is C12H18N2O4S. The number of hydrogen-bond donors (Lipinski definition) is 2. The maximum atomic E-state index is 11.0. The van der Waals surface area contributed by atoms with Crippen LogP contribution < -0.4 is 15.2 Å². The van der Waals surface area contributed by atoms with Gasteiger partial charge in [-0.1, -0.05) is 0 Å². The molecule has 0 atom stereocenters. The van der Waals surface area contributed by atoms with Gasteiger partial charge in [0, 0.05) is 11.8 Å². The Balaban J connectivity index is 2.84. The van der Waals surface area contributed by atoms with Crippen molar-refractivity contribution in [2.45, 2.75) is 6.92 Å². The average Bonchev–Trinajstić information content (AvgIpc) is 2.29. The Morgan fingerprint density at radius 2 is 2.00 bits per heavy atom. The van der Waals surface area contributed by atoms with Crippen molar-refractivity contribution >= 4 is 15.7 Å². The number of amidine groups is 1. The topological polar surface area (TPSA) is 102 Å². The van der Waals surface area contributed by atoms with Crippen LogP contribution in [0.25, 0.3) is 0 Å². The highest BCUT2D eigenvalue weighted by Gasteiger charge is 2.09.